The standard InChI is InChI=1S/C29H31N7O2/c1-19-5-6-23-24(9-16-38-25(23)17-19)32-27(37)21-3-2-4-22(18-21)34-29(10-14-31-15-11-29)28-33-26(35-36-28)20-7-12-30-13-8-20/h2-8,12-13,17-18,24,31,34H,9-11,14-16H2,1H3,(H,32,37)(H,33,35,36)/t24-/m0/s1. The number of carbonyl (C=O) groups excluding carboxylic acids is 1. The topological polar surface area (TPSA) is 117 Å². The summed E-state index contributed by atoms with van der Waals surface area (Å²) < 4.78 is 5.83. The van der Waals surface area contributed by atoms with E-state index in [2.05, 4.69) is 37.2 Å². The van der Waals surface area contributed by atoms with Gasteiger partial charge >= 0.3 is 0 Å². The van der Waals surface area contributed by atoms with Crippen LogP contribution in [0.4, 0.5) is 5.69 Å². The molecule has 6 rings (SSSR count). The van der Waals surface area contributed by atoms with E-state index in [9.17, 15) is 4.79 Å². The molecule has 0 unspecified atom stereocenters. The number of aromatic amines is 1. The van der Waals surface area contributed by atoms with Crippen molar-refractivity contribution < 1.29 is 9.53 Å². The summed E-state index contributed by atoms with van der Waals surface area (Å²) in [6, 6.07) is 17.5. The van der Waals surface area contributed by atoms with Crippen molar-refractivity contribution in [3.8, 4) is 17.1 Å². The van der Waals surface area contributed by atoms with Gasteiger partial charge in [0.15, 0.2) is 11.6 Å². The van der Waals surface area contributed by atoms with E-state index in [1.54, 1.807) is 12.4 Å². The number of piperidine rings is 1. The number of nitrogens with zero attached hydrogens (tertiary/aromatic N) is 3. The summed E-state index contributed by atoms with van der Waals surface area (Å²) in [7, 11) is 0. The third kappa shape index (κ3) is 4.84. The SMILES string of the molecule is Cc1ccc2c(c1)OCC[C@@H]2NC(=O)c1cccc(NC2(c3nc(-c4ccncc4)n[nH]3)CCNCC2)c1. The lowest BCUT2D eigenvalue weighted by atomic mass is 9.87. The molecule has 0 bridgehead atoms. The zero-order valence-corrected chi connectivity index (χ0v) is 21.3. The third-order valence-electron chi connectivity index (χ3n) is 7.36. The van der Waals surface area contributed by atoms with Crippen LogP contribution in [0.1, 0.15) is 52.6 Å². The Morgan fingerprint density at radius 1 is 1.08 bits per heavy atom. The van der Waals surface area contributed by atoms with E-state index in [1.165, 1.54) is 0 Å². The lowest BCUT2D eigenvalue weighted by Gasteiger charge is -2.37. The van der Waals surface area contributed by atoms with E-state index in [0.717, 1.165) is 66.3 Å². The molecular formula is C29H31N7O2. The van der Waals surface area contributed by atoms with Gasteiger partial charge in [0.05, 0.1) is 18.2 Å². The molecule has 2 aromatic carbocycles. The second kappa shape index (κ2) is 10.3. The highest BCUT2D eigenvalue weighted by Gasteiger charge is 2.37. The lowest BCUT2D eigenvalue weighted by Crippen LogP contribution is -2.46. The smallest absolute Gasteiger partial charge is 0.251 e. The normalized spacial score (nSPS) is 18.2. The van der Waals surface area contributed by atoms with Gasteiger partial charge in [0.1, 0.15) is 5.75 Å². The maximum atomic E-state index is 13.3. The fourth-order valence-electron chi connectivity index (χ4n) is 5.28. The molecule has 1 atom stereocenters. The average Bonchev–Trinajstić information content (AvgIpc) is 3.46. The molecule has 1 fully saturated rings. The van der Waals surface area contributed by atoms with Crippen LogP contribution in [0.25, 0.3) is 11.4 Å². The van der Waals surface area contributed by atoms with Crippen LogP contribution >= 0.6 is 0 Å². The number of carbonyl (C=O) groups is 1. The Labute approximate surface area is 221 Å². The Morgan fingerprint density at radius 2 is 1.92 bits per heavy atom. The Bertz CT molecular complexity index is 1430. The van der Waals surface area contributed by atoms with Gasteiger partial charge < -0.3 is 20.7 Å². The molecule has 0 radical (unpaired) electrons. The summed E-state index contributed by atoms with van der Waals surface area (Å²) in [5.74, 6) is 2.17. The second-order valence-electron chi connectivity index (χ2n) is 9.99. The number of ether oxygens (including phenoxy) is 1. The summed E-state index contributed by atoms with van der Waals surface area (Å²) in [6.45, 7) is 4.32. The molecule has 4 aromatic rings. The van der Waals surface area contributed by atoms with Crippen molar-refractivity contribution in [2.45, 2.75) is 37.8 Å². The Morgan fingerprint density at radius 3 is 2.76 bits per heavy atom. The predicted octanol–water partition coefficient (Wildman–Crippen LogP) is 4.12. The van der Waals surface area contributed by atoms with E-state index in [-0.39, 0.29) is 11.9 Å². The fraction of sp³-hybridized carbons (Fsp3) is 0.310. The van der Waals surface area contributed by atoms with Gasteiger partial charge in [-0.3, -0.25) is 14.9 Å². The quantitative estimate of drug-likeness (QED) is 0.309. The van der Waals surface area contributed by atoms with Gasteiger partial charge in [-0.05, 0) is 74.8 Å². The number of nitrogens with one attached hydrogen (secondary N) is 4. The molecule has 4 heterocycles. The lowest BCUT2D eigenvalue weighted by molar-refractivity contribution is 0.0925. The highest BCUT2D eigenvalue weighted by atomic mass is 16.5. The summed E-state index contributed by atoms with van der Waals surface area (Å²) in [4.78, 5) is 22.3. The monoisotopic (exact) mass is 509 g/mol. The van der Waals surface area contributed by atoms with Crippen LogP contribution in [0, 0.1) is 6.92 Å². The second-order valence-corrected chi connectivity index (χ2v) is 9.99. The molecule has 1 saturated heterocycles. The van der Waals surface area contributed by atoms with Crippen molar-refractivity contribution in [2.24, 2.45) is 0 Å². The molecule has 0 aliphatic carbocycles. The summed E-state index contributed by atoms with van der Waals surface area (Å²) in [5.41, 5.74) is 4.11. The van der Waals surface area contributed by atoms with E-state index >= 15 is 0 Å². The summed E-state index contributed by atoms with van der Waals surface area (Å²) in [6.07, 6.45) is 5.86. The number of H-pyrrole nitrogens is 1. The number of aryl methyl sites for hydroxylation is 1. The molecule has 0 spiro atoms. The largest absolute Gasteiger partial charge is 0.493 e. The van der Waals surface area contributed by atoms with E-state index in [1.807, 2.05) is 55.5 Å². The van der Waals surface area contributed by atoms with Crippen molar-refractivity contribution >= 4 is 11.6 Å². The molecule has 9 nitrogen and oxygen atoms in total. The molecule has 4 N–H and O–H groups in total. The van der Waals surface area contributed by atoms with E-state index < -0.39 is 5.54 Å². The molecule has 2 aliphatic heterocycles. The first-order valence-electron chi connectivity index (χ1n) is 13.1. The molecule has 2 aromatic heterocycles. The number of anilines is 1. The number of fused-ring (bicyclic) bond motifs is 1. The Hall–Kier alpha value is -4.24. The van der Waals surface area contributed by atoms with E-state index in [4.69, 9.17) is 9.72 Å². The van der Waals surface area contributed by atoms with Gasteiger partial charge in [0, 0.05) is 41.2 Å². The first-order valence-corrected chi connectivity index (χ1v) is 13.1. The molecule has 9 heteroatoms. The molecular weight excluding hydrogens is 478 g/mol. The van der Waals surface area contributed by atoms with Crippen LogP contribution < -0.4 is 20.7 Å². The number of hydrogen-bond acceptors (Lipinski definition) is 7. The molecule has 38 heavy (non-hydrogen) atoms. The van der Waals surface area contributed by atoms with Crippen LogP contribution in [-0.4, -0.2) is 45.8 Å². The Kier molecular flexibility index (Phi) is 6.51. The molecule has 1 amide bonds. The van der Waals surface area contributed by atoms with Crippen LogP contribution in [0.5, 0.6) is 5.75 Å². The molecule has 194 valence electrons. The maximum absolute atomic E-state index is 13.3. The van der Waals surface area contributed by atoms with E-state index in [0.29, 0.717) is 18.0 Å². The number of benzene rings is 2. The van der Waals surface area contributed by atoms with Crippen LogP contribution in [0.15, 0.2) is 67.0 Å². The highest BCUT2D eigenvalue weighted by Crippen LogP contribution is 2.35. The van der Waals surface area contributed by atoms with Crippen molar-refractivity contribution in [3.63, 3.8) is 0 Å². The number of pyridine rings is 1. The number of hydrogen-bond donors (Lipinski definition) is 4. The van der Waals surface area contributed by atoms with Crippen molar-refractivity contribution in [1.29, 1.82) is 0 Å². The minimum absolute atomic E-state index is 0.0833. The third-order valence-corrected chi connectivity index (χ3v) is 7.36. The summed E-state index contributed by atoms with van der Waals surface area (Å²) >= 11 is 0. The Balaban J connectivity index is 1.23. The average molecular weight is 510 g/mol. The van der Waals surface area contributed by atoms with Gasteiger partial charge in [-0.2, -0.15) is 5.10 Å². The van der Waals surface area contributed by atoms with Crippen LogP contribution in [0.2, 0.25) is 0 Å². The first kappa shape index (κ1) is 24.1. The van der Waals surface area contributed by atoms with Gasteiger partial charge in [0.2, 0.25) is 0 Å². The van der Waals surface area contributed by atoms with Gasteiger partial charge in [-0.1, -0.05) is 18.2 Å². The number of amides is 1. The first-order chi connectivity index (χ1) is 18.6. The maximum Gasteiger partial charge on any atom is 0.251 e. The zero-order valence-electron chi connectivity index (χ0n) is 21.3. The van der Waals surface area contributed by atoms with Gasteiger partial charge in [0.25, 0.3) is 5.91 Å². The highest BCUT2D eigenvalue weighted by molar-refractivity contribution is 5.95. The van der Waals surface area contributed by atoms with Crippen LogP contribution in [0.3, 0.4) is 0 Å². The van der Waals surface area contributed by atoms with Crippen LogP contribution in [-0.2, 0) is 5.54 Å². The predicted molar refractivity (Wildman–Crippen MR) is 145 cm³/mol. The van der Waals surface area contributed by atoms with Gasteiger partial charge in [-0.15, -0.1) is 0 Å². The minimum atomic E-state index is -0.434. The van der Waals surface area contributed by atoms with Crippen molar-refractivity contribution in [3.05, 3.63) is 89.5 Å². The summed E-state index contributed by atoms with van der Waals surface area (Å²) in [5, 5.41) is 18.0. The number of aromatic nitrogens is 4. The zero-order chi connectivity index (χ0) is 26.0. The van der Waals surface area contributed by atoms with Gasteiger partial charge in [-0.25, -0.2) is 4.98 Å². The number of rotatable bonds is 6. The molecule has 2 aliphatic rings. The fourth-order valence-corrected chi connectivity index (χ4v) is 5.28. The minimum Gasteiger partial charge on any atom is -0.493 e. The van der Waals surface area contributed by atoms with Crippen molar-refractivity contribution in [1.82, 2.24) is 30.8 Å². The van der Waals surface area contributed by atoms with Crippen molar-refractivity contribution in [2.75, 3.05) is 25.0 Å². The molecule has 0 saturated carbocycles.